The van der Waals surface area contributed by atoms with Crippen molar-refractivity contribution in [2.75, 3.05) is 0 Å². The molecule has 0 bridgehead atoms. The molecule has 1 N–H and O–H groups in total. The van der Waals surface area contributed by atoms with E-state index >= 15 is 0 Å². The quantitative estimate of drug-likeness (QED) is 0.741. The summed E-state index contributed by atoms with van der Waals surface area (Å²) in [6.45, 7) is 0. The lowest BCUT2D eigenvalue weighted by atomic mass is 10.2. The number of aromatic amines is 1. The van der Waals surface area contributed by atoms with Gasteiger partial charge in [-0.05, 0) is 24.3 Å². The van der Waals surface area contributed by atoms with Gasteiger partial charge in [-0.2, -0.15) is 0 Å². The van der Waals surface area contributed by atoms with Crippen LogP contribution in [0.25, 0.3) is 11.4 Å². The molecule has 0 aliphatic heterocycles. The molecular weight excluding hydrogens is 184 g/mol. The first kappa shape index (κ1) is 9.81. The Kier molecular flexibility index (Phi) is 3.09. The fourth-order valence-electron chi connectivity index (χ4n) is 1.03. The zero-order valence-corrected chi connectivity index (χ0v) is 7.05. The van der Waals surface area contributed by atoms with E-state index < -0.39 is 0 Å². The summed E-state index contributed by atoms with van der Waals surface area (Å²) in [7, 11) is 0. The van der Waals surface area contributed by atoms with Crippen LogP contribution >= 0.6 is 11.6 Å². The maximum absolute atomic E-state index is 5.74. The molecule has 1 aromatic carbocycles. The van der Waals surface area contributed by atoms with Crippen LogP contribution in [0.4, 0.5) is 0 Å². The Balaban J connectivity index is 0.000000845. The topological polar surface area (TPSA) is 28.7 Å². The first-order valence-corrected chi connectivity index (χ1v) is 3.99. The minimum atomic E-state index is 0. The van der Waals surface area contributed by atoms with Crippen molar-refractivity contribution in [1.82, 2.24) is 9.97 Å². The fourth-order valence-corrected chi connectivity index (χ4v) is 1.16. The van der Waals surface area contributed by atoms with Gasteiger partial charge < -0.3 is 4.98 Å². The van der Waals surface area contributed by atoms with E-state index in [1.54, 1.807) is 12.4 Å². The summed E-state index contributed by atoms with van der Waals surface area (Å²) >= 11 is 5.74. The Morgan fingerprint density at radius 2 is 1.85 bits per heavy atom. The van der Waals surface area contributed by atoms with Crippen LogP contribution in [0.2, 0.25) is 5.02 Å². The lowest BCUT2D eigenvalue weighted by molar-refractivity contribution is 1.31. The van der Waals surface area contributed by atoms with Crippen LogP contribution in [0.1, 0.15) is 7.43 Å². The largest absolute Gasteiger partial charge is 0.345 e. The van der Waals surface area contributed by atoms with Gasteiger partial charge in [-0.15, -0.1) is 0 Å². The van der Waals surface area contributed by atoms with Gasteiger partial charge in [0.05, 0.1) is 0 Å². The van der Waals surface area contributed by atoms with Crippen LogP contribution in [-0.2, 0) is 0 Å². The van der Waals surface area contributed by atoms with Gasteiger partial charge >= 0.3 is 0 Å². The maximum Gasteiger partial charge on any atom is 0.137 e. The Morgan fingerprint density at radius 3 is 2.38 bits per heavy atom. The highest BCUT2D eigenvalue weighted by atomic mass is 35.5. The third-order valence-electron chi connectivity index (χ3n) is 1.62. The van der Waals surface area contributed by atoms with Crippen LogP contribution in [0, 0.1) is 0 Å². The van der Waals surface area contributed by atoms with E-state index in [2.05, 4.69) is 9.97 Å². The smallest absolute Gasteiger partial charge is 0.137 e. The predicted molar refractivity (Wildman–Crippen MR) is 55.8 cm³/mol. The number of H-pyrrole nitrogens is 1. The Labute approximate surface area is 82.6 Å². The predicted octanol–water partition coefficient (Wildman–Crippen LogP) is 3.37. The molecule has 0 unspecified atom stereocenters. The lowest BCUT2D eigenvalue weighted by Crippen LogP contribution is -1.78. The number of benzene rings is 1. The summed E-state index contributed by atoms with van der Waals surface area (Å²) in [5.74, 6) is 0.867. The van der Waals surface area contributed by atoms with Gasteiger partial charge in [0.2, 0.25) is 0 Å². The Bertz CT molecular complexity index is 351. The van der Waals surface area contributed by atoms with E-state index in [1.807, 2.05) is 24.3 Å². The van der Waals surface area contributed by atoms with Crippen LogP contribution in [-0.4, -0.2) is 9.97 Å². The second kappa shape index (κ2) is 4.10. The van der Waals surface area contributed by atoms with Crippen LogP contribution < -0.4 is 0 Å². The zero-order valence-electron chi connectivity index (χ0n) is 6.29. The zero-order chi connectivity index (χ0) is 8.39. The molecule has 0 fully saturated rings. The number of rotatable bonds is 1. The van der Waals surface area contributed by atoms with E-state index in [1.165, 1.54) is 0 Å². The van der Waals surface area contributed by atoms with Crippen LogP contribution in [0.5, 0.6) is 0 Å². The second-order valence-electron chi connectivity index (χ2n) is 2.44. The summed E-state index contributed by atoms with van der Waals surface area (Å²) in [5, 5.41) is 0.741. The fraction of sp³-hybridized carbons (Fsp3) is 0.100. The summed E-state index contributed by atoms with van der Waals surface area (Å²) in [6, 6.07) is 7.56. The number of imidazole rings is 1. The van der Waals surface area contributed by atoms with Gasteiger partial charge in [0, 0.05) is 23.0 Å². The van der Waals surface area contributed by atoms with Crippen molar-refractivity contribution in [2.24, 2.45) is 0 Å². The number of aromatic nitrogens is 2. The number of hydrogen-bond acceptors (Lipinski definition) is 1. The minimum absolute atomic E-state index is 0. The Morgan fingerprint density at radius 1 is 1.15 bits per heavy atom. The van der Waals surface area contributed by atoms with Crippen LogP contribution in [0.15, 0.2) is 36.7 Å². The highest BCUT2D eigenvalue weighted by Crippen LogP contribution is 2.16. The van der Waals surface area contributed by atoms with E-state index in [4.69, 9.17) is 11.6 Å². The normalized spacial score (nSPS) is 9.31. The maximum atomic E-state index is 5.74. The summed E-state index contributed by atoms with van der Waals surface area (Å²) in [4.78, 5) is 7.14. The molecule has 2 rings (SSSR count). The van der Waals surface area contributed by atoms with Gasteiger partial charge in [0.1, 0.15) is 5.82 Å². The molecule has 0 spiro atoms. The third-order valence-corrected chi connectivity index (χ3v) is 1.87. The van der Waals surface area contributed by atoms with Crippen LogP contribution in [0.3, 0.4) is 0 Å². The first-order chi connectivity index (χ1) is 5.86. The van der Waals surface area contributed by atoms with Gasteiger partial charge in [0.25, 0.3) is 0 Å². The van der Waals surface area contributed by atoms with Gasteiger partial charge in [-0.3, -0.25) is 0 Å². The first-order valence-electron chi connectivity index (χ1n) is 3.61. The summed E-state index contributed by atoms with van der Waals surface area (Å²) in [6.07, 6.45) is 3.52. The molecule has 1 heterocycles. The molecule has 0 radical (unpaired) electrons. The van der Waals surface area contributed by atoms with Gasteiger partial charge in [-0.1, -0.05) is 19.0 Å². The van der Waals surface area contributed by atoms with E-state index in [0.717, 1.165) is 16.4 Å². The van der Waals surface area contributed by atoms with Crippen molar-refractivity contribution in [1.29, 1.82) is 0 Å². The summed E-state index contributed by atoms with van der Waals surface area (Å²) < 4.78 is 0. The molecule has 2 nitrogen and oxygen atoms in total. The molecule has 0 saturated carbocycles. The number of hydrogen-bond donors (Lipinski definition) is 1. The molecule has 3 heteroatoms. The minimum Gasteiger partial charge on any atom is -0.345 e. The van der Waals surface area contributed by atoms with E-state index in [-0.39, 0.29) is 7.43 Å². The van der Waals surface area contributed by atoms with E-state index in [9.17, 15) is 0 Å². The monoisotopic (exact) mass is 194 g/mol. The van der Waals surface area contributed by atoms with Crippen molar-refractivity contribution in [3.63, 3.8) is 0 Å². The molecule has 68 valence electrons. The number of halogens is 1. The standard InChI is InChI=1S/C9H7ClN2.CH4/c10-8-3-1-7(2-4-8)9-11-5-6-12-9;/h1-6H,(H,11,12);1H4. The van der Waals surface area contributed by atoms with Gasteiger partial charge in [0.15, 0.2) is 0 Å². The average molecular weight is 195 g/mol. The molecule has 0 aliphatic rings. The van der Waals surface area contributed by atoms with Crippen molar-refractivity contribution < 1.29 is 0 Å². The molecule has 0 amide bonds. The molecule has 1 aromatic heterocycles. The average Bonchev–Trinajstić information content (AvgIpc) is 2.58. The molecule has 13 heavy (non-hydrogen) atoms. The molecule has 2 aromatic rings. The molecule has 0 saturated heterocycles. The van der Waals surface area contributed by atoms with E-state index in [0.29, 0.717) is 0 Å². The van der Waals surface area contributed by atoms with Crippen molar-refractivity contribution >= 4 is 11.6 Å². The molecule has 0 aliphatic carbocycles. The SMILES string of the molecule is C.Clc1ccc(-c2ncc[nH]2)cc1. The third kappa shape index (κ3) is 2.10. The van der Waals surface area contributed by atoms with Crippen molar-refractivity contribution in [3.05, 3.63) is 41.7 Å². The highest BCUT2D eigenvalue weighted by molar-refractivity contribution is 6.30. The highest BCUT2D eigenvalue weighted by Gasteiger charge is 1.97. The summed E-state index contributed by atoms with van der Waals surface area (Å²) in [5.41, 5.74) is 1.05. The molecule has 0 atom stereocenters. The molecular formula is C10H11ClN2. The van der Waals surface area contributed by atoms with Crippen molar-refractivity contribution in [3.8, 4) is 11.4 Å². The number of nitrogens with one attached hydrogen (secondary N) is 1. The van der Waals surface area contributed by atoms with Crippen molar-refractivity contribution in [2.45, 2.75) is 7.43 Å². The van der Waals surface area contributed by atoms with Gasteiger partial charge in [-0.25, -0.2) is 4.98 Å². The second-order valence-corrected chi connectivity index (χ2v) is 2.88. The lowest BCUT2D eigenvalue weighted by Gasteiger charge is -1.95. The Hall–Kier alpha value is -1.28. The number of nitrogens with zero attached hydrogens (tertiary/aromatic N) is 1.